The highest BCUT2D eigenvalue weighted by atomic mass is 32.2. The second-order valence-corrected chi connectivity index (χ2v) is 4.63. The summed E-state index contributed by atoms with van der Waals surface area (Å²) in [4.78, 5) is -1.16. The van der Waals surface area contributed by atoms with Crippen molar-refractivity contribution in [2.24, 2.45) is 0 Å². The number of halogens is 4. The SMILES string of the molecule is OOOSc1c(F)c(F)c(OCc2ccccc2)c(F)c1F. The Morgan fingerprint density at radius 2 is 1.50 bits per heavy atom. The van der Waals surface area contributed by atoms with E-state index in [1.54, 1.807) is 30.3 Å². The van der Waals surface area contributed by atoms with Gasteiger partial charge in [0.25, 0.3) is 0 Å². The minimum atomic E-state index is -1.73. The molecule has 0 aromatic heterocycles. The first-order chi connectivity index (χ1) is 10.6. The predicted octanol–water partition coefficient (Wildman–Crippen LogP) is 4.25. The molecule has 0 saturated carbocycles. The summed E-state index contributed by atoms with van der Waals surface area (Å²) in [7, 11) is 0. The van der Waals surface area contributed by atoms with Crippen LogP contribution in [-0.4, -0.2) is 5.26 Å². The summed E-state index contributed by atoms with van der Waals surface area (Å²) in [5, 5.41) is 11.0. The Kier molecular flexibility index (Phi) is 5.61. The molecular weight excluding hydrogens is 328 g/mol. The van der Waals surface area contributed by atoms with E-state index in [4.69, 9.17) is 9.99 Å². The Hall–Kier alpha value is -1.81. The molecule has 118 valence electrons. The molecule has 0 spiro atoms. The van der Waals surface area contributed by atoms with Crippen molar-refractivity contribution in [1.82, 2.24) is 0 Å². The van der Waals surface area contributed by atoms with Crippen molar-refractivity contribution in [1.29, 1.82) is 0 Å². The van der Waals surface area contributed by atoms with E-state index in [0.29, 0.717) is 5.56 Å². The van der Waals surface area contributed by atoms with Gasteiger partial charge in [0.05, 0.1) is 12.0 Å². The summed E-state index contributed by atoms with van der Waals surface area (Å²) in [6.45, 7) is -0.281. The van der Waals surface area contributed by atoms with Crippen LogP contribution >= 0.6 is 12.0 Å². The molecule has 4 nitrogen and oxygen atoms in total. The molecule has 0 heterocycles. The largest absolute Gasteiger partial charge is 0.483 e. The molecule has 0 unspecified atom stereocenters. The average molecular weight is 336 g/mol. The highest BCUT2D eigenvalue weighted by molar-refractivity contribution is 7.94. The maximum absolute atomic E-state index is 13.8. The number of ether oxygens (including phenoxy) is 1. The highest BCUT2D eigenvalue weighted by Crippen LogP contribution is 2.36. The van der Waals surface area contributed by atoms with Crippen LogP contribution in [0.3, 0.4) is 0 Å². The number of benzene rings is 2. The maximum atomic E-state index is 13.8. The maximum Gasteiger partial charge on any atom is 0.205 e. The summed E-state index contributed by atoms with van der Waals surface area (Å²) in [5.41, 5.74) is 0.553. The van der Waals surface area contributed by atoms with Crippen molar-refractivity contribution in [3.8, 4) is 5.75 Å². The van der Waals surface area contributed by atoms with Gasteiger partial charge in [0, 0.05) is 0 Å². The second kappa shape index (κ2) is 7.45. The Morgan fingerprint density at radius 1 is 0.909 bits per heavy atom. The fraction of sp³-hybridized carbons (Fsp3) is 0.0769. The van der Waals surface area contributed by atoms with Crippen LogP contribution in [-0.2, 0) is 16.0 Å². The van der Waals surface area contributed by atoms with Crippen molar-refractivity contribution in [3.05, 3.63) is 59.2 Å². The number of rotatable bonds is 6. The molecule has 0 fully saturated rings. The molecule has 0 amide bonds. The monoisotopic (exact) mass is 336 g/mol. The van der Waals surface area contributed by atoms with Crippen molar-refractivity contribution >= 4 is 12.0 Å². The molecule has 2 rings (SSSR count). The number of hydrogen-bond acceptors (Lipinski definition) is 5. The van der Waals surface area contributed by atoms with Gasteiger partial charge in [0.2, 0.25) is 11.6 Å². The highest BCUT2D eigenvalue weighted by Gasteiger charge is 2.28. The average Bonchev–Trinajstić information content (AvgIpc) is 2.54. The Bertz CT molecular complexity index is 625. The number of hydrogen-bond donors (Lipinski definition) is 1. The van der Waals surface area contributed by atoms with Crippen LogP contribution in [0.4, 0.5) is 17.6 Å². The Labute approximate surface area is 126 Å². The van der Waals surface area contributed by atoms with Gasteiger partial charge >= 0.3 is 0 Å². The zero-order valence-corrected chi connectivity index (χ0v) is 11.5. The third-order valence-corrected chi connectivity index (χ3v) is 3.21. The van der Waals surface area contributed by atoms with Gasteiger partial charge in [-0.15, -0.1) is 4.33 Å². The van der Waals surface area contributed by atoms with Crippen molar-refractivity contribution in [3.63, 3.8) is 0 Å². The van der Waals surface area contributed by atoms with Gasteiger partial charge in [-0.05, 0) is 5.56 Å². The van der Waals surface area contributed by atoms with E-state index < -0.39 is 33.9 Å². The molecule has 22 heavy (non-hydrogen) atoms. The third-order valence-electron chi connectivity index (χ3n) is 2.56. The van der Waals surface area contributed by atoms with Crippen LogP contribution in [0.1, 0.15) is 5.56 Å². The van der Waals surface area contributed by atoms with Crippen LogP contribution in [0, 0.1) is 23.3 Å². The molecule has 2 aromatic rings. The van der Waals surface area contributed by atoms with Gasteiger partial charge in [-0.2, -0.15) is 8.78 Å². The first kappa shape index (κ1) is 16.6. The van der Waals surface area contributed by atoms with E-state index in [0.717, 1.165) is 0 Å². The van der Waals surface area contributed by atoms with Crippen LogP contribution in [0.25, 0.3) is 0 Å². The van der Waals surface area contributed by atoms with Crippen LogP contribution in [0.15, 0.2) is 35.2 Å². The first-order valence-corrected chi connectivity index (χ1v) is 6.47. The summed E-state index contributed by atoms with van der Waals surface area (Å²) in [5.74, 6) is -8.10. The van der Waals surface area contributed by atoms with E-state index in [2.05, 4.69) is 9.37 Å². The zero-order valence-electron chi connectivity index (χ0n) is 10.7. The molecule has 2 aromatic carbocycles. The lowest BCUT2D eigenvalue weighted by molar-refractivity contribution is -0.432. The molecular formula is C13H8F4O4S. The van der Waals surface area contributed by atoms with Crippen LogP contribution < -0.4 is 4.74 Å². The Balaban J connectivity index is 2.28. The van der Waals surface area contributed by atoms with E-state index in [1.807, 2.05) is 0 Å². The van der Waals surface area contributed by atoms with Gasteiger partial charge in [-0.25, -0.2) is 14.0 Å². The van der Waals surface area contributed by atoms with Gasteiger partial charge in [-0.3, -0.25) is 0 Å². The molecule has 0 bridgehead atoms. The predicted molar refractivity (Wildman–Crippen MR) is 67.7 cm³/mol. The van der Waals surface area contributed by atoms with Gasteiger partial charge < -0.3 is 4.74 Å². The van der Waals surface area contributed by atoms with Crippen molar-refractivity contribution in [2.75, 3.05) is 0 Å². The molecule has 9 heteroatoms. The fourth-order valence-corrected chi connectivity index (χ4v) is 1.99. The van der Waals surface area contributed by atoms with E-state index in [-0.39, 0.29) is 18.6 Å². The lowest BCUT2D eigenvalue weighted by Crippen LogP contribution is -2.06. The van der Waals surface area contributed by atoms with Gasteiger partial charge in [0.15, 0.2) is 17.4 Å². The summed E-state index contributed by atoms with van der Waals surface area (Å²) in [6, 6.07) is 8.27. The summed E-state index contributed by atoms with van der Waals surface area (Å²) < 4.78 is 63.4. The second-order valence-electron chi connectivity index (χ2n) is 3.91. The topological polar surface area (TPSA) is 47.9 Å². The van der Waals surface area contributed by atoms with Gasteiger partial charge in [0.1, 0.15) is 11.5 Å². The van der Waals surface area contributed by atoms with E-state index >= 15 is 0 Å². The van der Waals surface area contributed by atoms with Crippen LogP contribution in [0.5, 0.6) is 5.75 Å². The molecule has 0 aliphatic heterocycles. The smallest absolute Gasteiger partial charge is 0.205 e. The lowest BCUT2D eigenvalue weighted by atomic mass is 10.2. The van der Waals surface area contributed by atoms with Crippen LogP contribution in [0.2, 0.25) is 0 Å². The minimum Gasteiger partial charge on any atom is -0.483 e. The normalized spacial score (nSPS) is 10.8. The zero-order chi connectivity index (χ0) is 16.1. The standard InChI is InChI=1S/C13H8F4O4S/c14-8-10(16)13(22-21-20-18)11(17)9(15)12(8)19-6-7-4-2-1-3-5-7/h1-5,18H,6H2. The fourth-order valence-electron chi connectivity index (χ4n) is 1.57. The lowest BCUT2D eigenvalue weighted by Gasteiger charge is -2.12. The van der Waals surface area contributed by atoms with Crippen molar-refractivity contribution < 1.29 is 36.9 Å². The minimum absolute atomic E-state index is 0.233. The van der Waals surface area contributed by atoms with Crippen molar-refractivity contribution in [2.45, 2.75) is 11.5 Å². The van der Waals surface area contributed by atoms with E-state index in [1.165, 1.54) is 0 Å². The molecule has 1 N–H and O–H groups in total. The quantitative estimate of drug-likeness (QED) is 0.281. The molecule has 0 saturated heterocycles. The van der Waals surface area contributed by atoms with Gasteiger partial charge in [-0.1, -0.05) is 35.4 Å². The Morgan fingerprint density at radius 3 is 2.05 bits per heavy atom. The molecule has 0 radical (unpaired) electrons. The summed E-state index contributed by atoms with van der Waals surface area (Å²) in [6.07, 6.45) is 0. The van der Waals surface area contributed by atoms with E-state index in [9.17, 15) is 17.6 Å². The molecule has 0 aliphatic rings. The summed E-state index contributed by atoms with van der Waals surface area (Å²) >= 11 is -0.233. The molecule has 0 atom stereocenters. The first-order valence-electron chi connectivity index (χ1n) is 5.73. The molecule has 0 aliphatic carbocycles. The third kappa shape index (κ3) is 3.50.